The Balaban J connectivity index is 2.27. The van der Waals surface area contributed by atoms with Crippen LogP contribution in [0.4, 0.5) is 0 Å². The summed E-state index contributed by atoms with van der Waals surface area (Å²) in [7, 11) is 0. The predicted octanol–water partition coefficient (Wildman–Crippen LogP) is 3.15. The molecule has 1 aromatic carbocycles. The number of benzene rings is 1. The van der Waals surface area contributed by atoms with Crippen LogP contribution < -0.4 is 0 Å². The summed E-state index contributed by atoms with van der Waals surface area (Å²) in [5, 5.41) is 0. The molecule has 0 spiro atoms. The van der Waals surface area contributed by atoms with Gasteiger partial charge in [-0.1, -0.05) is 41.9 Å². The van der Waals surface area contributed by atoms with Crippen LogP contribution in [0.25, 0.3) is 0 Å². The zero-order valence-corrected chi connectivity index (χ0v) is 9.20. The maximum absolute atomic E-state index is 5.65. The molecule has 1 aromatic rings. The van der Waals surface area contributed by atoms with Gasteiger partial charge in [0.15, 0.2) is 6.29 Å². The van der Waals surface area contributed by atoms with Crippen LogP contribution in [0.5, 0.6) is 0 Å². The molecule has 0 bridgehead atoms. The summed E-state index contributed by atoms with van der Waals surface area (Å²) >= 11 is 5.65. The molecule has 0 N–H and O–H groups in total. The van der Waals surface area contributed by atoms with Gasteiger partial charge in [0.25, 0.3) is 0 Å². The monoisotopic (exact) mass is 214 g/mol. The summed E-state index contributed by atoms with van der Waals surface area (Å²) in [5.41, 5.74) is 0.811. The maximum atomic E-state index is 5.65. The summed E-state index contributed by atoms with van der Waals surface area (Å²) in [6.45, 7) is 4.15. The lowest BCUT2D eigenvalue weighted by Gasteiger charge is -2.15. The van der Waals surface area contributed by atoms with Crippen molar-refractivity contribution in [1.29, 1.82) is 0 Å². The third kappa shape index (κ3) is 4.61. The summed E-state index contributed by atoms with van der Waals surface area (Å²) < 4.78 is 10.6. The minimum atomic E-state index is -0.319. The molecule has 1 rings (SSSR count). The molecule has 0 aliphatic rings. The van der Waals surface area contributed by atoms with E-state index in [4.69, 9.17) is 21.1 Å². The molecule has 0 saturated heterocycles. The van der Waals surface area contributed by atoms with Gasteiger partial charge < -0.3 is 9.47 Å². The van der Waals surface area contributed by atoms with E-state index >= 15 is 0 Å². The Morgan fingerprint density at radius 2 is 1.86 bits per heavy atom. The minimum absolute atomic E-state index is 0.275. The van der Waals surface area contributed by atoms with Crippen molar-refractivity contribution < 1.29 is 9.47 Å². The van der Waals surface area contributed by atoms with Gasteiger partial charge in [-0.3, -0.25) is 0 Å². The van der Waals surface area contributed by atoms with E-state index in [1.54, 1.807) is 6.92 Å². The van der Waals surface area contributed by atoms with Crippen molar-refractivity contribution in [3.05, 3.63) is 35.9 Å². The van der Waals surface area contributed by atoms with Gasteiger partial charge in [0, 0.05) is 0 Å². The molecule has 0 aliphatic carbocycles. The molecule has 0 aromatic heterocycles. The Hall–Kier alpha value is -0.570. The lowest BCUT2D eigenvalue weighted by Crippen LogP contribution is -2.16. The second kappa shape index (κ2) is 6.02. The first-order chi connectivity index (χ1) is 6.68. The molecule has 0 radical (unpaired) electrons. The highest BCUT2D eigenvalue weighted by molar-refractivity contribution is 6.19. The molecule has 0 aliphatic heterocycles. The van der Waals surface area contributed by atoms with E-state index in [9.17, 15) is 0 Å². The largest absolute Gasteiger partial charge is 0.348 e. The van der Waals surface area contributed by atoms with Crippen LogP contribution in [0.2, 0.25) is 0 Å². The van der Waals surface area contributed by atoms with E-state index in [0.717, 1.165) is 5.56 Å². The number of rotatable bonds is 5. The van der Waals surface area contributed by atoms with Crippen molar-refractivity contribution in [2.45, 2.75) is 32.3 Å². The average molecular weight is 215 g/mol. The van der Waals surface area contributed by atoms with Crippen LogP contribution >= 0.6 is 11.6 Å². The van der Waals surface area contributed by atoms with E-state index in [-0.39, 0.29) is 11.9 Å². The number of hydrogen-bond donors (Lipinski definition) is 0. The fourth-order valence-corrected chi connectivity index (χ4v) is 1.24. The van der Waals surface area contributed by atoms with Crippen molar-refractivity contribution in [3.8, 4) is 0 Å². The molecule has 2 atom stereocenters. The lowest BCUT2D eigenvalue weighted by atomic mass is 10.2. The number of alkyl halides is 1. The Kier molecular flexibility index (Phi) is 4.94. The molecule has 14 heavy (non-hydrogen) atoms. The molecule has 2 unspecified atom stereocenters. The van der Waals surface area contributed by atoms with Crippen LogP contribution in [0.1, 0.15) is 19.4 Å². The molecule has 78 valence electrons. The minimum Gasteiger partial charge on any atom is -0.348 e. The van der Waals surface area contributed by atoms with E-state index in [1.807, 2.05) is 37.3 Å². The van der Waals surface area contributed by atoms with E-state index < -0.39 is 0 Å². The first kappa shape index (κ1) is 11.5. The zero-order chi connectivity index (χ0) is 10.4. The Morgan fingerprint density at radius 3 is 2.43 bits per heavy atom. The Bertz CT molecular complexity index is 249. The third-order valence-electron chi connectivity index (χ3n) is 1.71. The smallest absolute Gasteiger partial charge is 0.157 e. The molecular formula is C11H15ClO2. The van der Waals surface area contributed by atoms with Gasteiger partial charge in [0.1, 0.15) is 5.56 Å². The topological polar surface area (TPSA) is 18.5 Å². The van der Waals surface area contributed by atoms with Crippen molar-refractivity contribution in [2.24, 2.45) is 0 Å². The van der Waals surface area contributed by atoms with Gasteiger partial charge in [-0.05, 0) is 19.4 Å². The predicted molar refractivity (Wildman–Crippen MR) is 57.1 cm³/mol. The third-order valence-corrected chi connectivity index (χ3v) is 1.81. The SMILES string of the molecule is CC(Cl)OC(C)OCc1ccccc1. The van der Waals surface area contributed by atoms with Gasteiger partial charge in [-0.25, -0.2) is 0 Å². The van der Waals surface area contributed by atoms with Gasteiger partial charge in [-0.15, -0.1) is 0 Å². The van der Waals surface area contributed by atoms with Crippen LogP contribution in [0.15, 0.2) is 30.3 Å². The second-order valence-corrected chi connectivity index (χ2v) is 3.66. The number of halogens is 1. The van der Waals surface area contributed by atoms with Gasteiger partial charge in [-0.2, -0.15) is 0 Å². The summed E-state index contributed by atoms with van der Waals surface area (Å²) in [5.74, 6) is 0. The molecule has 0 amide bonds. The van der Waals surface area contributed by atoms with Crippen LogP contribution in [0, 0.1) is 0 Å². The van der Waals surface area contributed by atoms with Crippen molar-refractivity contribution >= 4 is 11.6 Å². The number of ether oxygens (including phenoxy) is 2. The van der Waals surface area contributed by atoms with E-state index in [1.165, 1.54) is 0 Å². The van der Waals surface area contributed by atoms with Crippen molar-refractivity contribution in [1.82, 2.24) is 0 Å². The van der Waals surface area contributed by atoms with Gasteiger partial charge in [0.05, 0.1) is 6.61 Å². The molecule has 3 heteroatoms. The van der Waals surface area contributed by atoms with Crippen molar-refractivity contribution in [2.75, 3.05) is 0 Å². The van der Waals surface area contributed by atoms with Gasteiger partial charge >= 0.3 is 0 Å². The maximum Gasteiger partial charge on any atom is 0.157 e. The summed E-state index contributed by atoms with van der Waals surface area (Å²) in [4.78, 5) is 0. The van der Waals surface area contributed by atoms with Gasteiger partial charge in [0.2, 0.25) is 0 Å². The number of hydrogen-bond acceptors (Lipinski definition) is 2. The lowest BCUT2D eigenvalue weighted by molar-refractivity contribution is -0.144. The first-order valence-electron chi connectivity index (χ1n) is 4.63. The molecule has 0 fully saturated rings. The highest BCUT2D eigenvalue weighted by atomic mass is 35.5. The first-order valence-corrected chi connectivity index (χ1v) is 5.07. The quantitative estimate of drug-likeness (QED) is 0.554. The fourth-order valence-electron chi connectivity index (χ4n) is 1.09. The summed E-state index contributed by atoms with van der Waals surface area (Å²) in [6, 6.07) is 9.96. The Labute approximate surface area is 89.8 Å². The normalized spacial score (nSPS) is 15.1. The van der Waals surface area contributed by atoms with E-state index in [2.05, 4.69) is 0 Å². The van der Waals surface area contributed by atoms with Crippen LogP contribution in [-0.2, 0) is 16.1 Å². The molecule has 0 heterocycles. The summed E-state index contributed by atoms with van der Waals surface area (Å²) in [6.07, 6.45) is -0.275. The van der Waals surface area contributed by atoms with Crippen LogP contribution in [0.3, 0.4) is 0 Å². The second-order valence-electron chi connectivity index (χ2n) is 3.04. The molecule has 0 saturated carbocycles. The fraction of sp³-hybridized carbons (Fsp3) is 0.455. The van der Waals surface area contributed by atoms with Crippen LogP contribution in [-0.4, -0.2) is 11.9 Å². The highest BCUT2D eigenvalue weighted by Crippen LogP contribution is 2.07. The van der Waals surface area contributed by atoms with E-state index in [0.29, 0.717) is 6.61 Å². The standard InChI is InChI=1S/C11H15ClO2/c1-9(12)14-10(2)13-8-11-6-4-3-5-7-11/h3-7,9-10H,8H2,1-2H3. The average Bonchev–Trinajstić information content (AvgIpc) is 2.15. The molecular weight excluding hydrogens is 200 g/mol. The zero-order valence-electron chi connectivity index (χ0n) is 8.44. The highest BCUT2D eigenvalue weighted by Gasteiger charge is 2.05. The van der Waals surface area contributed by atoms with Crippen molar-refractivity contribution in [3.63, 3.8) is 0 Å². The molecule has 2 nitrogen and oxygen atoms in total. The Morgan fingerprint density at radius 1 is 1.21 bits per heavy atom.